The van der Waals surface area contributed by atoms with Gasteiger partial charge in [-0.05, 0) is 55.2 Å². The van der Waals surface area contributed by atoms with Crippen molar-refractivity contribution in [2.24, 2.45) is 0 Å². The third-order valence-corrected chi connectivity index (χ3v) is 6.48. The van der Waals surface area contributed by atoms with Gasteiger partial charge in [-0.25, -0.2) is 8.42 Å². The minimum Gasteiger partial charge on any atom is -0.327 e. The number of benzene rings is 2. The van der Waals surface area contributed by atoms with Crippen LogP contribution in [0, 0.1) is 0 Å². The van der Waals surface area contributed by atoms with Gasteiger partial charge in [0.15, 0.2) is 9.84 Å². The SMILES string of the molecule is CS(=O)(=O)Cc1ccc(C(=O)N2CCCCC2C(=O)Nc2ccc(Cl)c(Cl)c2)cc1. The van der Waals surface area contributed by atoms with Crippen LogP contribution >= 0.6 is 23.2 Å². The van der Waals surface area contributed by atoms with E-state index in [1.165, 1.54) is 0 Å². The van der Waals surface area contributed by atoms with Gasteiger partial charge in [-0.1, -0.05) is 35.3 Å². The molecule has 1 fully saturated rings. The van der Waals surface area contributed by atoms with Crippen molar-refractivity contribution in [1.82, 2.24) is 4.90 Å². The van der Waals surface area contributed by atoms with Gasteiger partial charge in [0.1, 0.15) is 6.04 Å². The highest BCUT2D eigenvalue weighted by Gasteiger charge is 2.32. The zero-order valence-electron chi connectivity index (χ0n) is 16.4. The summed E-state index contributed by atoms with van der Waals surface area (Å²) in [5.41, 5.74) is 1.54. The van der Waals surface area contributed by atoms with Gasteiger partial charge in [0.05, 0.1) is 15.8 Å². The Morgan fingerprint density at radius 3 is 2.40 bits per heavy atom. The number of amides is 2. The summed E-state index contributed by atoms with van der Waals surface area (Å²) in [7, 11) is -3.15. The Kier molecular flexibility index (Phi) is 7.06. The first kappa shape index (κ1) is 22.6. The summed E-state index contributed by atoms with van der Waals surface area (Å²) in [6.45, 7) is 0.476. The van der Waals surface area contributed by atoms with E-state index in [-0.39, 0.29) is 17.6 Å². The molecule has 0 saturated carbocycles. The molecule has 9 heteroatoms. The molecule has 0 bridgehead atoms. The fourth-order valence-corrected chi connectivity index (χ4v) is 4.55. The molecule has 1 aliphatic heterocycles. The van der Waals surface area contributed by atoms with E-state index in [1.807, 2.05) is 0 Å². The van der Waals surface area contributed by atoms with E-state index in [4.69, 9.17) is 23.2 Å². The van der Waals surface area contributed by atoms with Gasteiger partial charge in [0.2, 0.25) is 5.91 Å². The molecule has 0 radical (unpaired) electrons. The van der Waals surface area contributed by atoms with Crippen molar-refractivity contribution in [3.05, 3.63) is 63.6 Å². The van der Waals surface area contributed by atoms with Crippen molar-refractivity contribution in [1.29, 1.82) is 0 Å². The molecule has 1 saturated heterocycles. The van der Waals surface area contributed by atoms with Gasteiger partial charge < -0.3 is 10.2 Å². The first-order chi connectivity index (χ1) is 14.1. The number of nitrogens with zero attached hydrogens (tertiary/aromatic N) is 1. The summed E-state index contributed by atoms with van der Waals surface area (Å²) >= 11 is 11.9. The fraction of sp³-hybridized carbons (Fsp3) is 0.333. The van der Waals surface area contributed by atoms with Crippen molar-refractivity contribution in [3.63, 3.8) is 0 Å². The molecule has 2 aromatic rings. The van der Waals surface area contributed by atoms with Gasteiger partial charge in [0, 0.05) is 24.1 Å². The number of halogens is 2. The molecule has 1 N–H and O–H groups in total. The van der Waals surface area contributed by atoms with Crippen LogP contribution in [-0.2, 0) is 20.4 Å². The van der Waals surface area contributed by atoms with Crippen LogP contribution < -0.4 is 5.32 Å². The van der Waals surface area contributed by atoms with Crippen LogP contribution in [0.15, 0.2) is 42.5 Å². The van der Waals surface area contributed by atoms with Gasteiger partial charge in [-0.3, -0.25) is 9.59 Å². The molecule has 1 atom stereocenters. The molecule has 1 aliphatic rings. The highest BCUT2D eigenvalue weighted by Crippen LogP contribution is 2.26. The van der Waals surface area contributed by atoms with Crippen LogP contribution in [0.5, 0.6) is 0 Å². The van der Waals surface area contributed by atoms with E-state index in [0.29, 0.717) is 39.8 Å². The Labute approximate surface area is 186 Å². The highest BCUT2D eigenvalue weighted by molar-refractivity contribution is 7.89. The maximum atomic E-state index is 13.1. The molecule has 160 valence electrons. The molecule has 0 aliphatic carbocycles. The zero-order valence-corrected chi connectivity index (χ0v) is 18.7. The Hall–Kier alpha value is -2.09. The molecule has 2 aromatic carbocycles. The molecule has 30 heavy (non-hydrogen) atoms. The molecule has 1 unspecified atom stereocenters. The van der Waals surface area contributed by atoms with Crippen LogP contribution in [0.3, 0.4) is 0 Å². The predicted molar refractivity (Wildman–Crippen MR) is 119 cm³/mol. The number of carbonyl (C=O) groups excluding carboxylic acids is 2. The summed E-state index contributed by atoms with van der Waals surface area (Å²) in [5, 5.41) is 3.53. The normalized spacial score (nSPS) is 16.9. The smallest absolute Gasteiger partial charge is 0.254 e. The van der Waals surface area contributed by atoms with Crippen molar-refractivity contribution in [2.75, 3.05) is 18.1 Å². The molecule has 3 rings (SSSR count). The maximum Gasteiger partial charge on any atom is 0.254 e. The van der Waals surface area contributed by atoms with Crippen LogP contribution in [-0.4, -0.2) is 44.0 Å². The standard InChI is InChI=1S/C21H22Cl2N2O4S/c1-30(28,29)13-14-5-7-15(8-6-14)21(27)25-11-3-2-4-19(25)20(26)24-16-9-10-17(22)18(23)12-16/h5-10,12,19H,2-4,11,13H2,1H3,(H,24,26). The Morgan fingerprint density at radius 1 is 1.07 bits per heavy atom. The predicted octanol–water partition coefficient (Wildman–Crippen LogP) is 4.17. The van der Waals surface area contributed by atoms with E-state index in [9.17, 15) is 18.0 Å². The lowest BCUT2D eigenvalue weighted by Gasteiger charge is -2.34. The number of anilines is 1. The van der Waals surface area contributed by atoms with Crippen LogP contribution in [0.1, 0.15) is 35.2 Å². The van der Waals surface area contributed by atoms with E-state index in [2.05, 4.69) is 5.32 Å². The monoisotopic (exact) mass is 468 g/mol. The lowest BCUT2D eigenvalue weighted by molar-refractivity contribution is -0.121. The van der Waals surface area contributed by atoms with Crippen LogP contribution in [0.2, 0.25) is 10.0 Å². The number of likely N-dealkylation sites (tertiary alicyclic amines) is 1. The number of sulfone groups is 1. The second-order valence-electron chi connectivity index (χ2n) is 7.40. The average Bonchev–Trinajstić information content (AvgIpc) is 2.69. The summed E-state index contributed by atoms with van der Waals surface area (Å²) in [5.74, 6) is -0.620. The third-order valence-electron chi connectivity index (χ3n) is 4.88. The van der Waals surface area contributed by atoms with Crippen molar-refractivity contribution in [2.45, 2.75) is 31.1 Å². The Morgan fingerprint density at radius 2 is 1.77 bits per heavy atom. The summed E-state index contributed by atoms with van der Waals surface area (Å²) in [4.78, 5) is 27.5. The molecular weight excluding hydrogens is 447 g/mol. The van der Waals surface area contributed by atoms with E-state index < -0.39 is 15.9 Å². The van der Waals surface area contributed by atoms with Gasteiger partial charge in [0.25, 0.3) is 5.91 Å². The minimum absolute atomic E-state index is 0.0835. The van der Waals surface area contributed by atoms with Crippen LogP contribution in [0.4, 0.5) is 5.69 Å². The molecule has 1 heterocycles. The lowest BCUT2D eigenvalue weighted by atomic mass is 9.99. The first-order valence-corrected chi connectivity index (χ1v) is 12.3. The Balaban J connectivity index is 1.74. The number of nitrogens with one attached hydrogen (secondary N) is 1. The van der Waals surface area contributed by atoms with Gasteiger partial charge in [-0.2, -0.15) is 0 Å². The molecule has 0 spiro atoms. The molecular formula is C21H22Cl2N2O4S. The highest BCUT2D eigenvalue weighted by atomic mass is 35.5. The summed E-state index contributed by atoms with van der Waals surface area (Å²) < 4.78 is 22.9. The summed E-state index contributed by atoms with van der Waals surface area (Å²) in [6, 6.07) is 10.7. The van der Waals surface area contributed by atoms with Gasteiger partial charge in [-0.15, -0.1) is 0 Å². The van der Waals surface area contributed by atoms with E-state index in [1.54, 1.807) is 47.4 Å². The number of carbonyl (C=O) groups is 2. The topological polar surface area (TPSA) is 83.6 Å². The number of hydrogen-bond donors (Lipinski definition) is 1. The number of piperidine rings is 1. The quantitative estimate of drug-likeness (QED) is 0.713. The largest absolute Gasteiger partial charge is 0.327 e. The number of hydrogen-bond acceptors (Lipinski definition) is 4. The van der Waals surface area contributed by atoms with Crippen molar-refractivity contribution >= 4 is 50.5 Å². The number of rotatable bonds is 5. The van der Waals surface area contributed by atoms with Gasteiger partial charge >= 0.3 is 0 Å². The van der Waals surface area contributed by atoms with Crippen molar-refractivity contribution in [3.8, 4) is 0 Å². The van der Waals surface area contributed by atoms with E-state index in [0.717, 1.165) is 19.1 Å². The van der Waals surface area contributed by atoms with Crippen LogP contribution in [0.25, 0.3) is 0 Å². The zero-order chi connectivity index (χ0) is 21.9. The molecule has 2 amide bonds. The summed E-state index contributed by atoms with van der Waals surface area (Å²) in [6.07, 6.45) is 3.38. The van der Waals surface area contributed by atoms with Crippen molar-refractivity contribution < 1.29 is 18.0 Å². The second kappa shape index (κ2) is 9.37. The fourth-order valence-electron chi connectivity index (χ4n) is 3.46. The lowest BCUT2D eigenvalue weighted by Crippen LogP contribution is -2.50. The maximum absolute atomic E-state index is 13.1. The average molecular weight is 469 g/mol. The Bertz CT molecular complexity index is 1060. The second-order valence-corrected chi connectivity index (χ2v) is 10.3. The molecule has 0 aromatic heterocycles. The van der Waals surface area contributed by atoms with E-state index >= 15 is 0 Å². The minimum atomic E-state index is -3.15. The third kappa shape index (κ3) is 5.74. The first-order valence-electron chi connectivity index (χ1n) is 9.47. The molecule has 6 nitrogen and oxygen atoms in total.